The average Bonchev–Trinajstić information content (AvgIpc) is 2.26. The van der Waals surface area contributed by atoms with Gasteiger partial charge in [-0.25, -0.2) is 0 Å². The van der Waals surface area contributed by atoms with Gasteiger partial charge in [0.05, 0.1) is 6.54 Å². The summed E-state index contributed by atoms with van der Waals surface area (Å²) in [5, 5.41) is 3.04. The summed E-state index contributed by atoms with van der Waals surface area (Å²) in [6.07, 6.45) is 3.50. The molecule has 1 atom stereocenters. The molecule has 0 saturated heterocycles. The van der Waals surface area contributed by atoms with Crippen LogP contribution in [0.3, 0.4) is 0 Å². The predicted molar refractivity (Wildman–Crippen MR) is 65.6 cm³/mol. The SMILES string of the molecule is C=CCNCC(=O)CC1Cc2ccccc21. The fourth-order valence-electron chi connectivity index (χ4n) is 2.21. The molecule has 1 aliphatic carbocycles. The molecule has 0 aromatic heterocycles. The van der Waals surface area contributed by atoms with E-state index in [0.717, 1.165) is 6.42 Å². The molecule has 2 nitrogen and oxygen atoms in total. The van der Waals surface area contributed by atoms with E-state index in [-0.39, 0.29) is 0 Å². The zero-order chi connectivity index (χ0) is 11.4. The van der Waals surface area contributed by atoms with Crippen molar-refractivity contribution in [2.24, 2.45) is 0 Å². The van der Waals surface area contributed by atoms with Crippen molar-refractivity contribution < 1.29 is 4.79 Å². The van der Waals surface area contributed by atoms with Crippen molar-refractivity contribution in [1.82, 2.24) is 5.32 Å². The van der Waals surface area contributed by atoms with E-state index in [9.17, 15) is 4.79 Å². The Morgan fingerprint density at radius 1 is 1.50 bits per heavy atom. The highest BCUT2D eigenvalue weighted by atomic mass is 16.1. The summed E-state index contributed by atoms with van der Waals surface area (Å²) >= 11 is 0. The normalized spacial score (nSPS) is 17.4. The molecule has 1 aromatic rings. The molecule has 0 aliphatic heterocycles. The first kappa shape index (κ1) is 11.1. The maximum Gasteiger partial charge on any atom is 0.147 e. The number of fused-ring (bicyclic) bond motifs is 1. The van der Waals surface area contributed by atoms with Crippen LogP contribution in [0.4, 0.5) is 0 Å². The van der Waals surface area contributed by atoms with Crippen molar-refractivity contribution in [2.45, 2.75) is 18.8 Å². The fourth-order valence-corrected chi connectivity index (χ4v) is 2.21. The zero-order valence-electron chi connectivity index (χ0n) is 9.41. The van der Waals surface area contributed by atoms with Crippen LogP contribution in [0, 0.1) is 0 Å². The fraction of sp³-hybridized carbons (Fsp3) is 0.357. The first-order chi connectivity index (χ1) is 7.81. The number of benzene rings is 1. The molecule has 0 fully saturated rings. The molecule has 0 saturated carbocycles. The van der Waals surface area contributed by atoms with E-state index in [1.165, 1.54) is 11.1 Å². The van der Waals surface area contributed by atoms with Crippen molar-refractivity contribution in [3.05, 3.63) is 48.0 Å². The number of carbonyl (C=O) groups is 1. The van der Waals surface area contributed by atoms with Gasteiger partial charge in [0.25, 0.3) is 0 Å². The monoisotopic (exact) mass is 215 g/mol. The van der Waals surface area contributed by atoms with Crippen LogP contribution >= 0.6 is 0 Å². The predicted octanol–water partition coefficient (Wildman–Crippen LogP) is 2.06. The summed E-state index contributed by atoms with van der Waals surface area (Å²) in [6.45, 7) is 4.77. The van der Waals surface area contributed by atoms with Gasteiger partial charge in [-0.1, -0.05) is 30.3 Å². The lowest BCUT2D eigenvalue weighted by Gasteiger charge is -2.29. The van der Waals surface area contributed by atoms with E-state index in [0.29, 0.717) is 31.2 Å². The Kier molecular flexibility index (Phi) is 3.52. The number of nitrogens with one attached hydrogen (secondary N) is 1. The average molecular weight is 215 g/mol. The van der Waals surface area contributed by atoms with Gasteiger partial charge in [-0.15, -0.1) is 6.58 Å². The van der Waals surface area contributed by atoms with Crippen LogP contribution in [0.5, 0.6) is 0 Å². The summed E-state index contributed by atoms with van der Waals surface area (Å²) in [5.41, 5.74) is 2.76. The molecule has 1 N–H and O–H groups in total. The highest BCUT2D eigenvalue weighted by Crippen LogP contribution is 2.37. The van der Waals surface area contributed by atoms with Gasteiger partial charge in [-0.05, 0) is 23.5 Å². The van der Waals surface area contributed by atoms with E-state index in [2.05, 4.69) is 30.1 Å². The van der Waals surface area contributed by atoms with Crippen LogP contribution in [0.25, 0.3) is 0 Å². The summed E-state index contributed by atoms with van der Waals surface area (Å²) in [6, 6.07) is 8.38. The minimum absolute atomic E-state index is 0.293. The van der Waals surface area contributed by atoms with Gasteiger partial charge >= 0.3 is 0 Å². The van der Waals surface area contributed by atoms with Gasteiger partial charge in [-0.2, -0.15) is 0 Å². The number of rotatable bonds is 6. The zero-order valence-corrected chi connectivity index (χ0v) is 9.41. The molecule has 0 amide bonds. The van der Waals surface area contributed by atoms with Crippen LogP contribution in [-0.2, 0) is 11.2 Å². The van der Waals surface area contributed by atoms with Crippen molar-refractivity contribution >= 4 is 5.78 Å². The largest absolute Gasteiger partial charge is 0.307 e. The summed E-state index contributed by atoms with van der Waals surface area (Å²) in [5.74, 6) is 0.746. The molecule has 2 heteroatoms. The molecule has 0 bridgehead atoms. The molecule has 1 aliphatic rings. The van der Waals surface area contributed by atoms with Gasteiger partial charge in [0.1, 0.15) is 5.78 Å². The third-order valence-corrected chi connectivity index (χ3v) is 3.05. The van der Waals surface area contributed by atoms with Gasteiger partial charge in [0, 0.05) is 13.0 Å². The summed E-state index contributed by atoms with van der Waals surface area (Å²) in [4.78, 5) is 11.6. The Labute approximate surface area is 96.4 Å². The Morgan fingerprint density at radius 3 is 3.06 bits per heavy atom. The molecule has 0 radical (unpaired) electrons. The highest BCUT2D eigenvalue weighted by Gasteiger charge is 2.26. The van der Waals surface area contributed by atoms with Crippen molar-refractivity contribution in [1.29, 1.82) is 0 Å². The smallest absolute Gasteiger partial charge is 0.147 e. The number of carbonyl (C=O) groups excluding carboxylic acids is 1. The van der Waals surface area contributed by atoms with Crippen molar-refractivity contribution in [3.63, 3.8) is 0 Å². The van der Waals surface area contributed by atoms with Crippen LogP contribution < -0.4 is 5.32 Å². The minimum Gasteiger partial charge on any atom is -0.307 e. The third kappa shape index (κ3) is 2.39. The molecule has 1 aromatic carbocycles. The lowest BCUT2D eigenvalue weighted by atomic mass is 9.75. The molecular formula is C14H17NO. The maximum absolute atomic E-state index is 11.6. The van der Waals surface area contributed by atoms with E-state index >= 15 is 0 Å². The maximum atomic E-state index is 11.6. The quantitative estimate of drug-likeness (QED) is 0.581. The van der Waals surface area contributed by atoms with Crippen LogP contribution in [0.15, 0.2) is 36.9 Å². The van der Waals surface area contributed by atoms with Gasteiger partial charge in [0.15, 0.2) is 0 Å². The number of Topliss-reactive ketones (excluding diaryl/α,β-unsaturated/α-hetero) is 1. The second-order valence-corrected chi connectivity index (χ2v) is 4.26. The lowest BCUT2D eigenvalue weighted by molar-refractivity contribution is -0.118. The second kappa shape index (κ2) is 5.08. The standard InChI is InChI=1S/C14H17NO/c1-2-7-15-10-13(16)9-12-8-11-5-3-4-6-14(11)12/h2-6,12,15H,1,7-10H2. The Balaban J connectivity index is 1.80. The minimum atomic E-state index is 0.293. The van der Waals surface area contributed by atoms with Gasteiger partial charge in [0.2, 0.25) is 0 Å². The summed E-state index contributed by atoms with van der Waals surface area (Å²) in [7, 11) is 0. The van der Waals surface area contributed by atoms with Gasteiger partial charge in [-0.3, -0.25) is 4.79 Å². The van der Waals surface area contributed by atoms with E-state index in [1.807, 2.05) is 6.07 Å². The number of ketones is 1. The molecule has 0 heterocycles. The topological polar surface area (TPSA) is 29.1 Å². The van der Waals surface area contributed by atoms with E-state index in [4.69, 9.17) is 0 Å². The van der Waals surface area contributed by atoms with Gasteiger partial charge < -0.3 is 5.32 Å². The lowest BCUT2D eigenvalue weighted by Crippen LogP contribution is -2.27. The number of hydrogen-bond acceptors (Lipinski definition) is 2. The first-order valence-electron chi connectivity index (χ1n) is 5.72. The third-order valence-electron chi connectivity index (χ3n) is 3.05. The van der Waals surface area contributed by atoms with E-state index < -0.39 is 0 Å². The highest BCUT2D eigenvalue weighted by molar-refractivity contribution is 5.81. The molecule has 0 spiro atoms. The van der Waals surface area contributed by atoms with Crippen LogP contribution in [-0.4, -0.2) is 18.9 Å². The molecule has 16 heavy (non-hydrogen) atoms. The molecule has 2 rings (SSSR count). The Bertz CT molecular complexity index is 397. The Hall–Kier alpha value is -1.41. The second-order valence-electron chi connectivity index (χ2n) is 4.26. The molecule has 84 valence electrons. The summed E-state index contributed by atoms with van der Waals surface area (Å²) < 4.78 is 0. The van der Waals surface area contributed by atoms with E-state index in [1.54, 1.807) is 6.08 Å². The van der Waals surface area contributed by atoms with Crippen LogP contribution in [0.2, 0.25) is 0 Å². The molecule has 1 unspecified atom stereocenters. The first-order valence-corrected chi connectivity index (χ1v) is 5.72. The number of hydrogen-bond donors (Lipinski definition) is 1. The van der Waals surface area contributed by atoms with Crippen molar-refractivity contribution in [3.8, 4) is 0 Å². The Morgan fingerprint density at radius 2 is 2.31 bits per heavy atom. The molecular weight excluding hydrogens is 198 g/mol. The van der Waals surface area contributed by atoms with Crippen molar-refractivity contribution in [2.75, 3.05) is 13.1 Å². The van der Waals surface area contributed by atoms with Crippen LogP contribution in [0.1, 0.15) is 23.5 Å².